The van der Waals surface area contributed by atoms with Gasteiger partial charge in [0.2, 0.25) is 0 Å². The van der Waals surface area contributed by atoms with Crippen LogP contribution in [0.15, 0.2) is 0 Å². The highest BCUT2D eigenvalue weighted by Gasteiger charge is 2.28. The van der Waals surface area contributed by atoms with Crippen LogP contribution in [0.2, 0.25) is 0 Å². The third kappa shape index (κ3) is 1.46. The molecule has 1 aliphatic rings. The van der Waals surface area contributed by atoms with Gasteiger partial charge in [0.05, 0.1) is 5.69 Å². The largest absolute Gasteiger partial charge is 0.319 e. The summed E-state index contributed by atoms with van der Waals surface area (Å²) >= 11 is 0. The zero-order valence-corrected chi connectivity index (χ0v) is 9.22. The Bertz CT molecular complexity index is 314. The second-order valence-electron chi connectivity index (χ2n) is 4.45. The third-order valence-corrected chi connectivity index (χ3v) is 3.06. The molecule has 0 bridgehead atoms. The van der Waals surface area contributed by atoms with E-state index in [0.717, 1.165) is 6.54 Å². The minimum atomic E-state index is 0.535. The Morgan fingerprint density at radius 3 is 3.00 bits per heavy atom. The van der Waals surface area contributed by atoms with Crippen LogP contribution in [0.25, 0.3) is 0 Å². The first-order chi connectivity index (χ1) is 6.74. The second kappa shape index (κ2) is 3.73. The molecular formula is C11H19N3. The SMILES string of the molecule is CNCC1CCc2[nH]nc(C(C)C)c21. The van der Waals surface area contributed by atoms with Gasteiger partial charge in [-0.1, -0.05) is 13.8 Å². The van der Waals surface area contributed by atoms with E-state index in [0.29, 0.717) is 11.8 Å². The molecule has 1 heterocycles. The van der Waals surface area contributed by atoms with Crippen LogP contribution in [0.5, 0.6) is 0 Å². The maximum absolute atomic E-state index is 4.42. The predicted octanol–water partition coefficient (Wildman–Crippen LogP) is 1.78. The summed E-state index contributed by atoms with van der Waals surface area (Å²) in [6, 6.07) is 0. The van der Waals surface area contributed by atoms with Crippen molar-refractivity contribution in [1.82, 2.24) is 15.5 Å². The lowest BCUT2D eigenvalue weighted by molar-refractivity contribution is 0.608. The number of aromatic amines is 1. The molecule has 1 aromatic rings. The molecular weight excluding hydrogens is 174 g/mol. The smallest absolute Gasteiger partial charge is 0.0685 e. The van der Waals surface area contributed by atoms with E-state index >= 15 is 0 Å². The molecule has 1 atom stereocenters. The normalized spacial score (nSPS) is 20.4. The summed E-state index contributed by atoms with van der Waals surface area (Å²) in [6.45, 7) is 5.50. The number of likely N-dealkylation sites (N-methyl/N-ethyl adjacent to an activating group) is 1. The Hall–Kier alpha value is -0.830. The zero-order chi connectivity index (χ0) is 10.1. The molecule has 1 unspecified atom stereocenters. The van der Waals surface area contributed by atoms with Gasteiger partial charge in [-0.15, -0.1) is 0 Å². The van der Waals surface area contributed by atoms with Gasteiger partial charge in [0, 0.05) is 23.7 Å². The van der Waals surface area contributed by atoms with E-state index in [1.165, 1.54) is 29.8 Å². The molecule has 0 aliphatic heterocycles. The van der Waals surface area contributed by atoms with Crippen LogP contribution < -0.4 is 5.32 Å². The summed E-state index contributed by atoms with van der Waals surface area (Å²) in [5, 5.41) is 10.9. The summed E-state index contributed by atoms with van der Waals surface area (Å²) in [6.07, 6.45) is 2.44. The number of H-pyrrole nitrogens is 1. The van der Waals surface area contributed by atoms with Crippen molar-refractivity contribution in [2.45, 2.75) is 38.5 Å². The predicted molar refractivity (Wildman–Crippen MR) is 57.7 cm³/mol. The fraction of sp³-hybridized carbons (Fsp3) is 0.727. The van der Waals surface area contributed by atoms with Crippen molar-refractivity contribution in [1.29, 1.82) is 0 Å². The van der Waals surface area contributed by atoms with E-state index < -0.39 is 0 Å². The number of aromatic nitrogens is 2. The van der Waals surface area contributed by atoms with Crippen molar-refractivity contribution in [3.05, 3.63) is 17.0 Å². The number of aryl methyl sites for hydroxylation is 1. The Balaban J connectivity index is 2.30. The molecule has 0 fully saturated rings. The summed E-state index contributed by atoms with van der Waals surface area (Å²) in [7, 11) is 2.02. The van der Waals surface area contributed by atoms with Gasteiger partial charge in [-0.2, -0.15) is 5.10 Å². The number of nitrogens with one attached hydrogen (secondary N) is 2. The number of rotatable bonds is 3. The topological polar surface area (TPSA) is 40.7 Å². The van der Waals surface area contributed by atoms with Crippen LogP contribution in [0, 0.1) is 0 Å². The maximum Gasteiger partial charge on any atom is 0.0685 e. The molecule has 1 aromatic heterocycles. The average Bonchev–Trinajstić information content (AvgIpc) is 2.67. The average molecular weight is 193 g/mol. The van der Waals surface area contributed by atoms with Crippen molar-refractivity contribution in [3.8, 4) is 0 Å². The van der Waals surface area contributed by atoms with Gasteiger partial charge in [-0.3, -0.25) is 5.10 Å². The first kappa shape index (κ1) is 9.71. The highest BCUT2D eigenvalue weighted by Crippen LogP contribution is 2.36. The standard InChI is InChI=1S/C11H19N3/c1-7(2)11-10-8(6-12-3)4-5-9(10)13-14-11/h7-8,12H,4-6H2,1-3H3,(H,13,14). The monoisotopic (exact) mass is 193 g/mol. The Labute approximate surface area is 85.3 Å². The zero-order valence-electron chi connectivity index (χ0n) is 9.22. The summed E-state index contributed by atoms with van der Waals surface area (Å²) in [5.74, 6) is 1.21. The van der Waals surface area contributed by atoms with Crippen LogP contribution >= 0.6 is 0 Å². The molecule has 2 rings (SSSR count). The highest BCUT2D eigenvalue weighted by molar-refractivity contribution is 5.35. The first-order valence-corrected chi connectivity index (χ1v) is 5.45. The minimum absolute atomic E-state index is 0.535. The van der Waals surface area contributed by atoms with Crippen molar-refractivity contribution >= 4 is 0 Å². The van der Waals surface area contributed by atoms with Gasteiger partial charge in [0.25, 0.3) is 0 Å². The molecule has 0 saturated heterocycles. The number of hydrogen-bond acceptors (Lipinski definition) is 2. The number of fused-ring (bicyclic) bond motifs is 1. The fourth-order valence-corrected chi connectivity index (χ4v) is 2.40. The van der Waals surface area contributed by atoms with Crippen molar-refractivity contribution in [2.24, 2.45) is 0 Å². The molecule has 2 N–H and O–H groups in total. The molecule has 1 aliphatic carbocycles. The highest BCUT2D eigenvalue weighted by atomic mass is 15.1. The molecule has 0 saturated carbocycles. The molecule has 3 nitrogen and oxygen atoms in total. The minimum Gasteiger partial charge on any atom is -0.319 e. The Morgan fingerprint density at radius 1 is 1.57 bits per heavy atom. The summed E-state index contributed by atoms with van der Waals surface area (Å²) in [5.41, 5.74) is 4.14. The van der Waals surface area contributed by atoms with Crippen LogP contribution in [0.3, 0.4) is 0 Å². The van der Waals surface area contributed by atoms with E-state index in [2.05, 4.69) is 29.4 Å². The molecule has 0 amide bonds. The quantitative estimate of drug-likeness (QED) is 0.768. The maximum atomic E-state index is 4.42. The molecule has 0 aromatic carbocycles. The van der Waals surface area contributed by atoms with Crippen molar-refractivity contribution in [3.63, 3.8) is 0 Å². The Morgan fingerprint density at radius 2 is 2.36 bits per heavy atom. The summed E-state index contributed by atoms with van der Waals surface area (Å²) in [4.78, 5) is 0. The lowest BCUT2D eigenvalue weighted by Crippen LogP contribution is -2.16. The van der Waals surface area contributed by atoms with E-state index in [9.17, 15) is 0 Å². The van der Waals surface area contributed by atoms with E-state index in [4.69, 9.17) is 0 Å². The van der Waals surface area contributed by atoms with Crippen LogP contribution in [-0.4, -0.2) is 23.8 Å². The second-order valence-corrected chi connectivity index (χ2v) is 4.45. The number of hydrogen-bond donors (Lipinski definition) is 2. The van der Waals surface area contributed by atoms with Gasteiger partial charge in [0.15, 0.2) is 0 Å². The van der Waals surface area contributed by atoms with Crippen molar-refractivity contribution < 1.29 is 0 Å². The van der Waals surface area contributed by atoms with Crippen molar-refractivity contribution in [2.75, 3.05) is 13.6 Å². The van der Waals surface area contributed by atoms with Crippen LogP contribution in [0.4, 0.5) is 0 Å². The molecule has 0 radical (unpaired) electrons. The lowest BCUT2D eigenvalue weighted by Gasteiger charge is -2.12. The molecule has 0 spiro atoms. The third-order valence-electron chi connectivity index (χ3n) is 3.06. The molecule has 3 heteroatoms. The van der Waals surface area contributed by atoms with Gasteiger partial charge in [0.1, 0.15) is 0 Å². The van der Waals surface area contributed by atoms with Gasteiger partial charge in [-0.05, 0) is 25.8 Å². The summed E-state index contributed by atoms with van der Waals surface area (Å²) < 4.78 is 0. The molecule has 14 heavy (non-hydrogen) atoms. The van der Waals surface area contributed by atoms with Crippen LogP contribution in [-0.2, 0) is 6.42 Å². The first-order valence-electron chi connectivity index (χ1n) is 5.45. The van der Waals surface area contributed by atoms with Gasteiger partial charge >= 0.3 is 0 Å². The van der Waals surface area contributed by atoms with E-state index in [1.54, 1.807) is 0 Å². The van der Waals surface area contributed by atoms with Gasteiger partial charge in [-0.25, -0.2) is 0 Å². The van der Waals surface area contributed by atoms with Gasteiger partial charge < -0.3 is 5.32 Å². The Kier molecular flexibility index (Phi) is 2.59. The van der Waals surface area contributed by atoms with Crippen LogP contribution in [0.1, 0.15) is 49.1 Å². The molecule has 78 valence electrons. The van der Waals surface area contributed by atoms with E-state index in [-0.39, 0.29) is 0 Å². The van der Waals surface area contributed by atoms with E-state index in [1.807, 2.05) is 7.05 Å². The fourth-order valence-electron chi connectivity index (χ4n) is 2.40. The number of nitrogens with zero attached hydrogens (tertiary/aromatic N) is 1. The lowest BCUT2D eigenvalue weighted by atomic mass is 9.96.